The van der Waals surface area contributed by atoms with Gasteiger partial charge in [-0.15, -0.1) is 0 Å². The molecule has 1 aliphatic carbocycles. The van der Waals surface area contributed by atoms with Gasteiger partial charge in [-0.05, 0) is 43.0 Å². The maximum atomic E-state index is 6.05. The molecule has 98 valence electrons. The Kier molecular flexibility index (Phi) is 2.92. The Morgan fingerprint density at radius 1 is 1.22 bits per heavy atom. The average molecular weight is 248 g/mol. The summed E-state index contributed by atoms with van der Waals surface area (Å²) in [7, 11) is 0. The third kappa shape index (κ3) is 2.44. The van der Waals surface area contributed by atoms with Crippen LogP contribution in [-0.2, 0) is 6.54 Å². The number of hydrogen-bond donors (Lipinski definition) is 2. The Bertz CT molecular complexity index is 455. The summed E-state index contributed by atoms with van der Waals surface area (Å²) in [5.41, 5.74) is 8.59. The fourth-order valence-electron chi connectivity index (χ4n) is 2.21. The van der Waals surface area contributed by atoms with E-state index in [1.165, 1.54) is 11.1 Å². The first-order chi connectivity index (χ1) is 8.66. The van der Waals surface area contributed by atoms with Crippen LogP contribution in [0.3, 0.4) is 0 Å². The molecule has 1 aromatic carbocycles. The van der Waals surface area contributed by atoms with Crippen LogP contribution in [-0.4, -0.2) is 25.3 Å². The van der Waals surface area contributed by atoms with Gasteiger partial charge in [-0.2, -0.15) is 0 Å². The number of nitrogens with two attached hydrogens (primary N) is 1. The Labute approximate surface area is 107 Å². The first-order valence-electron chi connectivity index (χ1n) is 6.55. The Balaban J connectivity index is 1.67. The molecule has 1 heterocycles. The van der Waals surface area contributed by atoms with Crippen LogP contribution in [0, 0.1) is 6.92 Å². The summed E-state index contributed by atoms with van der Waals surface area (Å²) in [5, 5.41) is 3.43. The molecule has 0 unspecified atom stereocenters. The van der Waals surface area contributed by atoms with E-state index in [0.717, 1.165) is 37.4 Å². The summed E-state index contributed by atoms with van der Waals surface area (Å²) in [6.07, 6.45) is 2.28. The van der Waals surface area contributed by atoms with Gasteiger partial charge < -0.3 is 20.5 Å². The second kappa shape index (κ2) is 4.44. The summed E-state index contributed by atoms with van der Waals surface area (Å²) in [6.45, 7) is 5.10. The van der Waals surface area contributed by atoms with Crippen molar-refractivity contribution in [1.82, 2.24) is 5.32 Å². The minimum absolute atomic E-state index is 0.0573. The minimum Gasteiger partial charge on any atom is -0.486 e. The van der Waals surface area contributed by atoms with Crippen LogP contribution >= 0.6 is 0 Å². The third-order valence-corrected chi connectivity index (χ3v) is 3.69. The lowest BCUT2D eigenvalue weighted by atomic mass is 10.1. The van der Waals surface area contributed by atoms with Crippen molar-refractivity contribution < 1.29 is 9.47 Å². The van der Waals surface area contributed by atoms with E-state index in [2.05, 4.69) is 24.4 Å². The van der Waals surface area contributed by atoms with Crippen LogP contribution in [0.25, 0.3) is 0 Å². The van der Waals surface area contributed by atoms with Crippen molar-refractivity contribution >= 4 is 0 Å². The second-order valence-electron chi connectivity index (χ2n) is 5.39. The van der Waals surface area contributed by atoms with E-state index < -0.39 is 0 Å². The second-order valence-corrected chi connectivity index (χ2v) is 5.39. The summed E-state index contributed by atoms with van der Waals surface area (Å²) in [4.78, 5) is 0. The molecule has 0 atom stereocenters. The van der Waals surface area contributed by atoms with E-state index in [9.17, 15) is 0 Å². The molecule has 3 N–H and O–H groups in total. The van der Waals surface area contributed by atoms with Gasteiger partial charge in [0.2, 0.25) is 0 Å². The molecule has 0 saturated heterocycles. The molecular weight excluding hydrogens is 228 g/mol. The fraction of sp³-hybridized carbons (Fsp3) is 0.571. The highest BCUT2D eigenvalue weighted by Crippen LogP contribution is 2.33. The molecule has 0 aromatic heterocycles. The Hall–Kier alpha value is -1.26. The van der Waals surface area contributed by atoms with Crippen molar-refractivity contribution in [3.05, 3.63) is 23.3 Å². The maximum absolute atomic E-state index is 6.05. The molecule has 1 saturated carbocycles. The number of ether oxygens (including phenoxy) is 2. The lowest BCUT2D eigenvalue weighted by Gasteiger charge is -2.20. The zero-order chi connectivity index (χ0) is 12.6. The van der Waals surface area contributed by atoms with Gasteiger partial charge >= 0.3 is 0 Å². The Morgan fingerprint density at radius 3 is 2.56 bits per heavy atom. The van der Waals surface area contributed by atoms with Crippen LogP contribution < -0.4 is 20.5 Å². The first-order valence-corrected chi connectivity index (χ1v) is 6.55. The topological polar surface area (TPSA) is 56.5 Å². The van der Waals surface area contributed by atoms with E-state index in [1.807, 2.05) is 0 Å². The summed E-state index contributed by atoms with van der Waals surface area (Å²) < 4.78 is 11.2. The molecule has 1 aliphatic heterocycles. The predicted molar refractivity (Wildman–Crippen MR) is 70.0 cm³/mol. The zero-order valence-corrected chi connectivity index (χ0v) is 10.8. The molecule has 2 aliphatic rings. The molecule has 1 aromatic rings. The molecule has 3 rings (SSSR count). The van der Waals surface area contributed by atoms with Crippen molar-refractivity contribution in [2.75, 3.05) is 19.8 Å². The summed E-state index contributed by atoms with van der Waals surface area (Å²) >= 11 is 0. The SMILES string of the molecule is Cc1cc2c(cc1CNCC1(N)CC1)OCCO2. The number of nitrogens with one attached hydrogen (secondary N) is 1. The largest absolute Gasteiger partial charge is 0.486 e. The van der Waals surface area contributed by atoms with Crippen molar-refractivity contribution in [1.29, 1.82) is 0 Å². The van der Waals surface area contributed by atoms with E-state index in [1.54, 1.807) is 0 Å². The average Bonchev–Trinajstić information content (AvgIpc) is 3.08. The quantitative estimate of drug-likeness (QED) is 0.844. The molecule has 0 amide bonds. The normalized spacial score (nSPS) is 19.7. The molecule has 0 radical (unpaired) electrons. The third-order valence-electron chi connectivity index (χ3n) is 3.69. The highest BCUT2D eigenvalue weighted by Gasteiger charge is 2.37. The van der Waals surface area contributed by atoms with E-state index in [-0.39, 0.29) is 5.54 Å². The highest BCUT2D eigenvalue weighted by molar-refractivity contribution is 5.47. The van der Waals surface area contributed by atoms with Crippen molar-refractivity contribution in [2.45, 2.75) is 31.8 Å². The zero-order valence-electron chi connectivity index (χ0n) is 10.8. The van der Waals surface area contributed by atoms with Crippen molar-refractivity contribution in [3.63, 3.8) is 0 Å². The lowest BCUT2D eigenvalue weighted by Crippen LogP contribution is -2.35. The van der Waals surface area contributed by atoms with Gasteiger partial charge in [0.25, 0.3) is 0 Å². The number of aryl methyl sites for hydroxylation is 1. The molecule has 4 nitrogen and oxygen atoms in total. The fourth-order valence-corrected chi connectivity index (χ4v) is 2.21. The Morgan fingerprint density at radius 2 is 1.89 bits per heavy atom. The lowest BCUT2D eigenvalue weighted by molar-refractivity contribution is 0.171. The molecule has 0 bridgehead atoms. The van der Waals surface area contributed by atoms with E-state index in [0.29, 0.717) is 13.2 Å². The molecule has 4 heteroatoms. The van der Waals surface area contributed by atoms with Crippen LogP contribution in [0.1, 0.15) is 24.0 Å². The number of fused-ring (bicyclic) bond motifs is 1. The van der Waals surface area contributed by atoms with Gasteiger partial charge in [-0.1, -0.05) is 0 Å². The smallest absolute Gasteiger partial charge is 0.161 e. The minimum atomic E-state index is 0.0573. The van der Waals surface area contributed by atoms with Gasteiger partial charge in [0.15, 0.2) is 11.5 Å². The van der Waals surface area contributed by atoms with Crippen LogP contribution in [0.5, 0.6) is 11.5 Å². The van der Waals surface area contributed by atoms with E-state index >= 15 is 0 Å². The number of hydrogen-bond acceptors (Lipinski definition) is 4. The molecular formula is C14H20N2O2. The van der Waals surface area contributed by atoms with Gasteiger partial charge in [0.1, 0.15) is 13.2 Å². The predicted octanol–water partition coefficient (Wildman–Crippen LogP) is 1.35. The highest BCUT2D eigenvalue weighted by atomic mass is 16.6. The van der Waals surface area contributed by atoms with Crippen LogP contribution in [0.15, 0.2) is 12.1 Å². The van der Waals surface area contributed by atoms with Crippen LogP contribution in [0.2, 0.25) is 0 Å². The standard InChI is InChI=1S/C14H20N2O2/c1-10-6-12-13(18-5-4-17-12)7-11(10)8-16-9-14(15)2-3-14/h6-7,16H,2-5,8-9,15H2,1H3. The summed E-state index contributed by atoms with van der Waals surface area (Å²) in [6, 6.07) is 4.13. The van der Waals surface area contributed by atoms with Gasteiger partial charge in [-0.25, -0.2) is 0 Å². The van der Waals surface area contributed by atoms with Gasteiger partial charge in [0, 0.05) is 18.6 Å². The molecule has 18 heavy (non-hydrogen) atoms. The monoisotopic (exact) mass is 248 g/mol. The molecule has 1 fully saturated rings. The number of benzene rings is 1. The molecule has 0 spiro atoms. The van der Waals surface area contributed by atoms with Crippen LogP contribution in [0.4, 0.5) is 0 Å². The first kappa shape index (κ1) is 11.8. The maximum Gasteiger partial charge on any atom is 0.161 e. The van der Waals surface area contributed by atoms with Gasteiger partial charge in [-0.3, -0.25) is 0 Å². The van der Waals surface area contributed by atoms with E-state index in [4.69, 9.17) is 15.2 Å². The van der Waals surface area contributed by atoms with Crippen molar-refractivity contribution in [3.8, 4) is 11.5 Å². The summed E-state index contributed by atoms with van der Waals surface area (Å²) in [5.74, 6) is 1.72. The number of rotatable bonds is 4. The van der Waals surface area contributed by atoms with Crippen molar-refractivity contribution in [2.24, 2.45) is 5.73 Å². The van der Waals surface area contributed by atoms with Gasteiger partial charge in [0.05, 0.1) is 0 Å².